The fourth-order valence-corrected chi connectivity index (χ4v) is 4.02. The lowest BCUT2D eigenvalue weighted by Crippen LogP contribution is -2.38. The Morgan fingerprint density at radius 1 is 1.38 bits per heavy atom. The molecule has 1 aliphatic heterocycles. The van der Waals surface area contributed by atoms with Crippen LogP contribution in [0.3, 0.4) is 0 Å². The van der Waals surface area contributed by atoms with Crippen LogP contribution in [0.2, 0.25) is 10.0 Å². The third-order valence-corrected chi connectivity index (χ3v) is 5.66. The number of hydrogen-bond acceptors (Lipinski definition) is 5. The molecule has 1 aromatic heterocycles. The number of amides is 2. The van der Waals surface area contributed by atoms with E-state index in [1.54, 1.807) is 29.5 Å². The molecule has 9 heteroatoms. The zero-order valence-corrected chi connectivity index (χ0v) is 16.7. The fraction of sp³-hybridized carbons (Fsp3) is 0.353. The van der Waals surface area contributed by atoms with Crippen LogP contribution in [0.5, 0.6) is 0 Å². The second-order valence-corrected chi connectivity index (χ2v) is 7.94. The summed E-state index contributed by atoms with van der Waals surface area (Å²) in [4.78, 5) is 33.1. The molecular formula is C17H18Cl2N4O2S. The molecule has 1 unspecified atom stereocenters. The van der Waals surface area contributed by atoms with Crippen molar-refractivity contribution in [2.45, 2.75) is 12.5 Å². The largest absolute Gasteiger partial charge is 0.336 e. The lowest BCUT2D eigenvalue weighted by atomic mass is 10.2. The highest BCUT2D eigenvalue weighted by Crippen LogP contribution is 2.24. The average Bonchev–Trinajstić information content (AvgIpc) is 3.22. The number of aromatic nitrogens is 1. The Kier molecular flexibility index (Phi) is 5.82. The number of halogens is 2. The first-order chi connectivity index (χ1) is 12.3. The Morgan fingerprint density at radius 3 is 2.81 bits per heavy atom. The molecule has 138 valence electrons. The molecule has 1 N–H and O–H groups in total. The molecule has 2 amide bonds. The van der Waals surface area contributed by atoms with Gasteiger partial charge in [0.1, 0.15) is 5.69 Å². The monoisotopic (exact) mass is 412 g/mol. The van der Waals surface area contributed by atoms with Gasteiger partial charge in [-0.3, -0.25) is 14.9 Å². The number of carbonyl (C=O) groups excluding carboxylic acids is 2. The van der Waals surface area contributed by atoms with Gasteiger partial charge in [0, 0.05) is 30.0 Å². The van der Waals surface area contributed by atoms with E-state index in [0.29, 0.717) is 21.4 Å². The van der Waals surface area contributed by atoms with Crippen LogP contribution >= 0.6 is 34.5 Å². The summed E-state index contributed by atoms with van der Waals surface area (Å²) in [6.07, 6.45) is 0.946. The summed E-state index contributed by atoms with van der Waals surface area (Å²) >= 11 is 13.1. The van der Waals surface area contributed by atoms with Crippen LogP contribution in [0.1, 0.15) is 27.3 Å². The Bertz CT molecular complexity index is 842. The number of nitrogens with one attached hydrogen (secondary N) is 1. The van der Waals surface area contributed by atoms with Crippen molar-refractivity contribution in [1.82, 2.24) is 14.8 Å². The Hall–Kier alpha value is -1.67. The van der Waals surface area contributed by atoms with Gasteiger partial charge in [-0.1, -0.05) is 23.2 Å². The molecule has 1 aliphatic rings. The Labute approximate surface area is 165 Å². The summed E-state index contributed by atoms with van der Waals surface area (Å²) in [6, 6.07) is 4.82. The highest BCUT2D eigenvalue weighted by atomic mass is 35.5. The number of likely N-dealkylation sites (tertiary alicyclic amines) is 1. The van der Waals surface area contributed by atoms with Gasteiger partial charge in [0.25, 0.3) is 11.8 Å². The summed E-state index contributed by atoms with van der Waals surface area (Å²) in [5, 5.41) is 5.38. The zero-order valence-electron chi connectivity index (χ0n) is 14.3. The molecule has 1 saturated heterocycles. The van der Waals surface area contributed by atoms with E-state index in [4.69, 9.17) is 23.2 Å². The molecule has 1 aromatic carbocycles. The van der Waals surface area contributed by atoms with E-state index in [1.807, 2.05) is 7.05 Å². The van der Waals surface area contributed by atoms with Gasteiger partial charge in [-0.2, -0.15) is 0 Å². The quantitative estimate of drug-likeness (QED) is 0.834. The van der Waals surface area contributed by atoms with Gasteiger partial charge < -0.3 is 9.80 Å². The number of carbonyl (C=O) groups is 2. The number of hydrogen-bond donors (Lipinski definition) is 1. The molecule has 3 rings (SSSR count). The van der Waals surface area contributed by atoms with Crippen LogP contribution in [0.25, 0.3) is 0 Å². The molecule has 1 fully saturated rings. The first kappa shape index (κ1) is 19.1. The molecule has 2 heterocycles. The molecule has 0 bridgehead atoms. The maximum Gasteiger partial charge on any atom is 0.273 e. The van der Waals surface area contributed by atoms with Gasteiger partial charge in [0.2, 0.25) is 0 Å². The number of thiazole rings is 1. The molecule has 1 atom stereocenters. The standard InChI is InChI=1S/C17H18Cl2N4O2S/c1-22-6-5-11(8-22)23(2)16(25)14-9-26-17(20-14)21-15(24)12-4-3-10(18)7-13(12)19/h3-4,7,9,11H,5-6,8H2,1-2H3,(H,20,21,24). The SMILES string of the molecule is CN1CCC(N(C)C(=O)c2csc(NC(=O)c3ccc(Cl)cc3Cl)n2)C1. The number of likely N-dealkylation sites (N-methyl/N-ethyl adjacent to an activating group) is 2. The third-order valence-electron chi connectivity index (χ3n) is 4.35. The minimum absolute atomic E-state index is 0.147. The van der Waals surface area contributed by atoms with Crippen molar-refractivity contribution in [2.75, 3.05) is 32.5 Å². The number of benzene rings is 1. The maximum atomic E-state index is 12.6. The van der Waals surface area contributed by atoms with Crippen molar-refractivity contribution in [3.05, 3.63) is 44.9 Å². The van der Waals surface area contributed by atoms with E-state index < -0.39 is 5.91 Å². The predicted octanol–water partition coefficient (Wildman–Crippen LogP) is 3.48. The Balaban J connectivity index is 1.67. The summed E-state index contributed by atoms with van der Waals surface area (Å²) in [5.41, 5.74) is 0.620. The van der Waals surface area contributed by atoms with E-state index >= 15 is 0 Å². The van der Waals surface area contributed by atoms with E-state index in [-0.39, 0.29) is 17.0 Å². The van der Waals surface area contributed by atoms with Gasteiger partial charge in [-0.25, -0.2) is 4.98 Å². The molecule has 0 spiro atoms. The molecular weight excluding hydrogens is 395 g/mol. The van der Waals surface area contributed by atoms with Crippen molar-refractivity contribution in [2.24, 2.45) is 0 Å². The number of anilines is 1. The van der Waals surface area contributed by atoms with Crippen molar-refractivity contribution in [3.63, 3.8) is 0 Å². The first-order valence-electron chi connectivity index (χ1n) is 8.03. The van der Waals surface area contributed by atoms with Crippen molar-refractivity contribution in [1.29, 1.82) is 0 Å². The van der Waals surface area contributed by atoms with Crippen LogP contribution in [0.4, 0.5) is 5.13 Å². The minimum Gasteiger partial charge on any atom is -0.336 e. The summed E-state index contributed by atoms with van der Waals surface area (Å²) in [6.45, 7) is 1.83. The molecule has 2 aromatic rings. The Morgan fingerprint density at radius 2 is 2.15 bits per heavy atom. The average molecular weight is 413 g/mol. The topological polar surface area (TPSA) is 65.5 Å². The van der Waals surface area contributed by atoms with Crippen LogP contribution in [0, 0.1) is 0 Å². The zero-order chi connectivity index (χ0) is 18.8. The van der Waals surface area contributed by atoms with Crippen molar-refractivity contribution >= 4 is 51.5 Å². The van der Waals surface area contributed by atoms with Gasteiger partial charge in [0.15, 0.2) is 5.13 Å². The molecule has 0 saturated carbocycles. The van der Waals surface area contributed by atoms with E-state index in [2.05, 4.69) is 15.2 Å². The molecule has 6 nitrogen and oxygen atoms in total. The number of nitrogens with zero attached hydrogens (tertiary/aromatic N) is 3. The number of rotatable bonds is 4. The van der Waals surface area contributed by atoms with E-state index in [0.717, 1.165) is 19.5 Å². The maximum absolute atomic E-state index is 12.6. The molecule has 0 radical (unpaired) electrons. The lowest BCUT2D eigenvalue weighted by molar-refractivity contribution is 0.0732. The fourth-order valence-electron chi connectivity index (χ4n) is 2.84. The second kappa shape index (κ2) is 7.92. The van der Waals surface area contributed by atoms with E-state index in [9.17, 15) is 9.59 Å². The summed E-state index contributed by atoms with van der Waals surface area (Å²) in [5.74, 6) is -0.544. The van der Waals surface area contributed by atoms with Crippen LogP contribution in [-0.4, -0.2) is 59.8 Å². The molecule has 26 heavy (non-hydrogen) atoms. The normalized spacial score (nSPS) is 17.3. The van der Waals surface area contributed by atoms with Gasteiger partial charge >= 0.3 is 0 Å². The van der Waals surface area contributed by atoms with Crippen LogP contribution in [-0.2, 0) is 0 Å². The minimum atomic E-state index is -0.397. The third kappa shape index (κ3) is 4.17. The smallest absolute Gasteiger partial charge is 0.273 e. The summed E-state index contributed by atoms with van der Waals surface area (Å²) in [7, 11) is 3.83. The first-order valence-corrected chi connectivity index (χ1v) is 9.66. The van der Waals surface area contributed by atoms with Crippen molar-refractivity contribution < 1.29 is 9.59 Å². The highest BCUT2D eigenvalue weighted by molar-refractivity contribution is 7.14. The van der Waals surface area contributed by atoms with Gasteiger partial charge in [0.05, 0.1) is 10.6 Å². The second-order valence-electron chi connectivity index (χ2n) is 6.24. The lowest BCUT2D eigenvalue weighted by Gasteiger charge is -2.23. The molecule has 0 aliphatic carbocycles. The highest BCUT2D eigenvalue weighted by Gasteiger charge is 2.28. The van der Waals surface area contributed by atoms with Crippen LogP contribution in [0.15, 0.2) is 23.6 Å². The van der Waals surface area contributed by atoms with Gasteiger partial charge in [-0.05, 0) is 38.2 Å². The van der Waals surface area contributed by atoms with Crippen molar-refractivity contribution in [3.8, 4) is 0 Å². The summed E-state index contributed by atoms with van der Waals surface area (Å²) < 4.78 is 0. The van der Waals surface area contributed by atoms with Crippen LogP contribution < -0.4 is 5.32 Å². The van der Waals surface area contributed by atoms with Gasteiger partial charge in [-0.15, -0.1) is 11.3 Å². The van der Waals surface area contributed by atoms with E-state index in [1.165, 1.54) is 17.4 Å². The predicted molar refractivity (Wildman–Crippen MR) is 105 cm³/mol.